The van der Waals surface area contributed by atoms with E-state index in [2.05, 4.69) is 87.7 Å². The zero-order valence-corrected chi connectivity index (χ0v) is 68.8. The highest BCUT2D eigenvalue weighted by molar-refractivity contribution is 6.96. The van der Waals surface area contributed by atoms with Crippen molar-refractivity contribution >= 4 is 79.5 Å². The van der Waals surface area contributed by atoms with Crippen LogP contribution in [0.25, 0.3) is 28.2 Å². The van der Waals surface area contributed by atoms with Crippen LogP contribution in [0.1, 0.15) is 146 Å². The van der Waals surface area contributed by atoms with Crippen molar-refractivity contribution in [2.75, 3.05) is 42.3 Å². The molecule has 22 nitrogen and oxygen atoms in total. The van der Waals surface area contributed by atoms with Gasteiger partial charge < -0.3 is 59.5 Å². The number of aromatic nitrogens is 7. The van der Waals surface area contributed by atoms with Crippen LogP contribution < -0.4 is 51.7 Å². The maximum atomic E-state index is 14.0. The molecular weight excluding hydrogens is 1520 g/mol. The zero-order valence-electron chi connectivity index (χ0n) is 66.8. The van der Waals surface area contributed by atoms with Gasteiger partial charge in [-0.05, 0) is 240 Å². The number of halogens is 6. The van der Waals surface area contributed by atoms with Crippen molar-refractivity contribution < 1.29 is 68.6 Å². The van der Waals surface area contributed by atoms with Crippen LogP contribution in [0.3, 0.4) is 0 Å². The van der Waals surface area contributed by atoms with Gasteiger partial charge in [-0.1, -0.05) is 42.5 Å². The van der Waals surface area contributed by atoms with E-state index in [9.17, 15) is 45.5 Å². The van der Waals surface area contributed by atoms with E-state index in [0.29, 0.717) is 126 Å². The van der Waals surface area contributed by atoms with Crippen LogP contribution in [0.2, 0.25) is 26.2 Å². The quantitative estimate of drug-likeness (QED) is 0.0122. The fourth-order valence-corrected chi connectivity index (χ4v) is 20.6. The molecule has 115 heavy (non-hydrogen) atoms. The van der Waals surface area contributed by atoms with E-state index in [0.717, 1.165) is 28.1 Å². The molecule has 10 aromatic rings. The number of anilines is 5. The molecule has 0 saturated heterocycles. The number of hydrogen-bond acceptors (Lipinski definition) is 17. The first-order valence-electron chi connectivity index (χ1n) is 37.6. The molecule has 0 radical (unpaired) electrons. The van der Waals surface area contributed by atoms with E-state index < -0.39 is 63.0 Å². The first kappa shape index (κ1) is 86.2. The lowest BCUT2D eigenvalue weighted by molar-refractivity contribution is -0.274. The molecule has 0 atom stereocenters. The van der Waals surface area contributed by atoms with Crippen LogP contribution in [0.4, 0.5) is 55.2 Å². The maximum absolute atomic E-state index is 14.0. The van der Waals surface area contributed by atoms with Crippen molar-refractivity contribution in [1.82, 2.24) is 50.4 Å². The van der Waals surface area contributed by atoms with Crippen LogP contribution in [0.5, 0.6) is 11.5 Å². The molecule has 0 spiro atoms. The summed E-state index contributed by atoms with van der Waals surface area (Å²) in [6.07, 6.45) is 2.68. The molecule has 0 bridgehead atoms. The molecule has 10 rings (SSSR count). The second-order valence-corrected chi connectivity index (χ2v) is 39.6. The zero-order chi connectivity index (χ0) is 83.3. The highest BCUT2D eigenvalue weighted by Gasteiger charge is 2.38. The summed E-state index contributed by atoms with van der Waals surface area (Å²) in [5.41, 5.74) is 3.21. The number of nitrogens with one attached hydrogen (secondary N) is 6. The van der Waals surface area contributed by atoms with Crippen LogP contribution in [-0.4, -0.2) is 130 Å². The van der Waals surface area contributed by atoms with Crippen molar-refractivity contribution in [1.29, 1.82) is 0 Å². The Morgan fingerprint density at radius 2 is 1.16 bits per heavy atom. The number of carbonyl (C=O) groups is 4. The van der Waals surface area contributed by atoms with Gasteiger partial charge in [0.2, 0.25) is 22.6 Å². The summed E-state index contributed by atoms with van der Waals surface area (Å²) in [6, 6.07) is 40.9. The molecule has 4 amide bonds. The van der Waals surface area contributed by atoms with Gasteiger partial charge in [-0.3, -0.25) is 24.2 Å². The van der Waals surface area contributed by atoms with Crippen LogP contribution in [0.15, 0.2) is 189 Å². The number of nitrogens with zero attached hydrogens (tertiary/aromatic N) is 7. The Hall–Kier alpha value is -11.2. The summed E-state index contributed by atoms with van der Waals surface area (Å²) in [4.78, 5) is 80.3. The molecule has 6 aromatic carbocycles. The van der Waals surface area contributed by atoms with Crippen LogP contribution in [0, 0.1) is 13.8 Å². The predicted octanol–water partition coefficient (Wildman–Crippen LogP) is 17.1. The molecule has 0 saturated carbocycles. The fourth-order valence-electron chi connectivity index (χ4n) is 12.6. The summed E-state index contributed by atoms with van der Waals surface area (Å²) in [7, 11) is -5.03. The SMILES string of the molecule is Cc1cn(-c2cc(NC(=O)c3ccc(C)c(Nc4nccc(-c5cncc(OC(C)(C)CCOC(C)(C)CCCNC(=O)c6ccc([Si](C)(C)O[Si](C)(C)c7ccc(C(=O)NC(C)(C)CCOC(C)(C)CCNC(=O)c8cccc(-c9cc(Nc%10ccc(OC(F)(F)F)cc%10)ncn9)c8)cc7)cc6)c5)n4)c3)cc(C(F)(F)F)c2)cn1. The molecule has 6 N–H and O–H groups in total. The fraction of sp³-hybridized carbons (Fsp3) is 0.341. The monoisotopic (exact) mass is 1610 g/mol. The number of pyridine rings is 1. The minimum absolute atomic E-state index is 0.0441. The maximum Gasteiger partial charge on any atom is 0.573 e. The lowest BCUT2D eigenvalue weighted by Gasteiger charge is -2.34. The number of alkyl halides is 6. The standard InChI is InChI=1S/C85H97F6N13O9Si2/c1-55-19-20-61(77(107)100-65-46-63(84(86,87)88)47-66(48-65)104-52-56(2)98-54-104)45-72(55)102-79-95-39-33-71(101-79)62-44-68(51-92-50-62)111-83(9,10)37-42-110-81(5,6)34-16-38-93-75(105)57-21-29-69(30-22-57)114(11,12)113-115(13,14)70-31-23-58(24-32-70)78(108)103-80(3,4)36-41-109-82(7,8)35-40-94-76(106)60-18-15-17-59(43-60)73-49-74(97-53-96-73)99-64-25-27-67(28-26-64)112-85(89,90)91/h15,17-33,39,43-54H,16,34-38,40-42H2,1-14H3,(H,93,105)(H,94,106)(H,100,107)(H,103,108)(H,95,101,102)(H,96,97,99). The summed E-state index contributed by atoms with van der Waals surface area (Å²) >= 11 is 0. The summed E-state index contributed by atoms with van der Waals surface area (Å²) in [5.74, 6) is -0.526. The molecule has 0 aliphatic carbocycles. The van der Waals surface area contributed by atoms with Gasteiger partial charge in [0.05, 0.1) is 53.0 Å². The van der Waals surface area contributed by atoms with E-state index in [1.165, 1.54) is 47.6 Å². The minimum Gasteiger partial charge on any atom is -0.486 e. The molecule has 0 aliphatic heterocycles. The highest BCUT2D eigenvalue weighted by atomic mass is 28.4. The lowest BCUT2D eigenvalue weighted by Crippen LogP contribution is -2.57. The van der Waals surface area contributed by atoms with E-state index in [1.54, 1.807) is 86.3 Å². The largest absolute Gasteiger partial charge is 0.573 e. The number of rotatable bonds is 35. The highest BCUT2D eigenvalue weighted by Crippen LogP contribution is 2.35. The number of hydrogen-bond donors (Lipinski definition) is 6. The Balaban J connectivity index is 0.612. The second-order valence-electron chi connectivity index (χ2n) is 31.6. The van der Waals surface area contributed by atoms with E-state index in [4.69, 9.17) is 23.3 Å². The molecule has 4 aromatic heterocycles. The van der Waals surface area contributed by atoms with E-state index in [1.807, 2.05) is 117 Å². The van der Waals surface area contributed by atoms with Crippen LogP contribution in [-0.2, 0) is 19.8 Å². The average molecular weight is 1610 g/mol. The summed E-state index contributed by atoms with van der Waals surface area (Å²) in [6.45, 7) is 29.5. The van der Waals surface area contributed by atoms with Gasteiger partial charge in [-0.15, -0.1) is 13.2 Å². The Kier molecular flexibility index (Phi) is 27.1. The second kappa shape index (κ2) is 36.1. The number of ether oxygens (including phenoxy) is 4. The lowest BCUT2D eigenvalue weighted by atomic mass is 9.99. The van der Waals surface area contributed by atoms with Crippen molar-refractivity contribution in [2.24, 2.45) is 0 Å². The molecule has 0 aliphatic rings. The molecular formula is C85H97F6N13O9Si2. The number of imidazole rings is 1. The third-order valence-electron chi connectivity index (χ3n) is 19.1. The van der Waals surface area contributed by atoms with Gasteiger partial charge in [0.15, 0.2) is 0 Å². The molecule has 30 heteroatoms. The molecule has 4 heterocycles. The van der Waals surface area contributed by atoms with Gasteiger partial charge in [-0.2, -0.15) is 13.2 Å². The van der Waals surface area contributed by atoms with Crippen molar-refractivity contribution in [3.05, 3.63) is 228 Å². The predicted molar refractivity (Wildman–Crippen MR) is 437 cm³/mol. The number of aryl methyl sites for hydroxylation is 2. The van der Waals surface area contributed by atoms with Crippen LogP contribution >= 0.6 is 0 Å². The molecule has 0 unspecified atom stereocenters. The van der Waals surface area contributed by atoms with Gasteiger partial charge >= 0.3 is 12.5 Å². The average Bonchev–Trinajstić information content (AvgIpc) is 1.80. The summed E-state index contributed by atoms with van der Waals surface area (Å²) < 4.78 is 111. The van der Waals surface area contributed by atoms with Crippen molar-refractivity contribution in [3.8, 4) is 39.7 Å². The first-order valence-corrected chi connectivity index (χ1v) is 43.4. The Labute approximate surface area is 667 Å². The minimum atomic E-state index is -4.80. The Morgan fingerprint density at radius 3 is 1.82 bits per heavy atom. The first-order chi connectivity index (χ1) is 54.0. The van der Waals surface area contributed by atoms with E-state index in [-0.39, 0.29) is 46.4 Å². The third-order valence-corrected chi connectivity index (χ3v) is 26.6. The normalized spacial score (nSPS) is 12.4. The number of carbonyl (C=O) groups excluding carboxylic acids is 4. The smallest absolute Gasteiger partial charge is 0.486 e. The van der Waals surface area contributed by atoms with Crippen molar-refractivity contribution in [2.45, 2.75) is 162 Å². The third kappa shape index (κ3) is 25.4. The van der Waals surface area contributed by atoms with Gasteiger partial charge in [0.1, 0.15) is 29.2 Å². The number of benzene rings is 6. The summed E-state index contributed by atoms with van der Waals surface area (Å²) in [5, 5.41) is 20.1. The van der Waals surface area contributed by atoms with Gasteiger partial charge in [-0.25, -0.2) is 24.9 Å². The van der Waals surface area contributed by atoms with Crippen molar-refractivity contribution in [3.63, 3.8) is 0 Å². The Bertz CT molecular complexity index is 5060. The van der Waals surface area contributed by atoms with E-state index >= 15 is 0 Å². The van der Waals surface area contributed by atoms with Gasteiger partial charge in [0.25, 0.3) is 23.6 Å². The topological polar surface area (TPSA) is 269 Å². The molecule has 606 valence electrons. The van der Waals surface area contributed by atoms with Gasteiger partial charge in [0, 0.05) is 112 Å². The molecule has 0 fully saturated rings. The Morgan fingerprint density at radius 1 is 0.522 bits per heavy atom. The number of amides is 4.